The first-order valence-electron chi connectivity index (χ1n) is 10.1. The lowest BCUT2D eigenvalue weighted by atomic mass is 10.0. The summed E-state index contributed by atoms with van der Waals surface area (Å²) in [5, 5.41) is 11.3. The highest BCUT2D eigenvalue weighted by atomic mass is 32.2. The first kappa shape index (κ1) is 20.7. The van der Waals surface area contributed by atoms with Crippen LogP contribution in [-0.2, 0) is 0 Å². The molecule has 2 aromatic carbocycles. The molecule has 0 atom stereocenters. The number of phenolic OH excluding ortho intramolecular Hbond substituents is 1. The molecule has 7 nitrogen and oxygen atoms in total. The third-order valence-electron chi connectivity index (χ3n) is 5.63. The summed E-state index contributed by atoms with van der Waals surface area (Å²) in [6.07, 6.45) is 1.56. The van der Waals surface area contributed by atoms with Crippen molar-refractivity contribution in [1.29, 1.82) is 0 Å². The lowest BCUT2D eigenvalue weighted by Gasteiger charge is -2.07. The van der Waals surface area contributed by atoms with E-state index in [4.69, 9.17) is 18.0 Å². The Balaban J connectivity index is 1.56. The summed E-state index contributed by atoms with van der Waals surface area (Å²) in [5.41, 5.74) is 8.49. The zero-order valence-electron chi connectivity index (χ0n) is 17.2. The molecule has 0 bridgehead atoms. The normalized spacial score (nSPS) is 11.5. The Bertz CT molecular complexity index is 1900. The van der Waals surface area contributed by atoms with Crippen LogP contribution in [0.25, 0.3) is 36.2 Å². The van der Waals surface area contributed by atoms with Crippen LogP contribution in [-0.4, -0.2) is 25.4 Å². The number of nitrogen functional groups attached to an aromatic ring is 1. The molecule has 34 heavy (non-hydrogen) atoms. The number of aromatic hydroxyl groups is 1. The molecule has 0 fully saturated rings. The van der Waals surface area contributed by atoms with Gasteiger partial charge >= 0.3 is 0 Å². The molecule has 4 heterocycles. The number of benzene rings is 2. The number of anilines is 1. The number of carbonyl (C=O) groups excluding carboxylic acids is 1. The summed E-state index contributed by atoms with van der Waals surface area (Å²) in [5.74, 6) is -0.270. The van der Waals surface area contributed by atoms with Crippen molar-refractivity contribution in [3.63, 3.8) is 0 Å². The molecule has 0 spiro atoms. The average Bonchev–Trinajstić information content (AvgIpc) is 3.37. The highest BCUT2D eigenvalue weighted by Gasteiger charge is 2.25. The minimum Gasteiger partial charge on any atom is -0.506 e. The molecule has 0 saturated carbocycles. The Morgan fingerprint density at radius 1 is 1.09 bits per heavy atom. The third kappa shape index (κ3) is 2.93. The molecule has 0 aliphatic heterocycles. The van der Waals surface area contributed by atoms with E-state index in [1.54, 1.807) is 24.4 Å². The number of rotatable bonds is 3. The van der Waals surface area contributed by atoms with E-state index in [9.17, 15) is 14.7 Å². The maximum Gasteiger partial charge on any atom is 0.276 e. The minimum absolute atomic E-state index is 0.000509. The number of pyridine rings is 1. The zero-order valence-corrected chi connectivity index (χ0v) is 19.7. The number of nitrogens with one attached hydrogen (secondary N) is 1. The summed E-state index contributed by atoms with van der Waals surface area (Å²) in [6, 6.07) is 15.6. The van der Waals surface area contributed by atoms with Gasteiger partial charge in [-0.3, -0.25) is 19.1 Å². The van der Waals surface area contributed by atoms with Gasteiger partial charge in [0.2, 0.25) is 5.78 Å². The van der Waals surface area contributed by atoms with Gasteiger partial charge in [-0.1, -0.05) is 24.3 Å². The number of hydrogen-bond donors (Lipinski definition) is 3. The number of para-hydroxylation sites is 1. The van der Waals surface area contributed by atoms with Crippen molar-refractivity contribution in [2.24, 2.45) is 0 Å². The molecule has 0 amide bonds. The summed E-state index contributed by atoms with van der Waals surface area (Å²) >= 11 is 8.02. The third-order valence-corrected chi connectivity index (χ3v) is 8.39. The van der Waals surface area contributed by atoms with Crippen LogP contribution in [0.2, 0.25) is 0 Å². The van der Waals surface area contributed by atoms with Gasteiger partial charge in [0.05, 0.1) is 26.3 Å². The summed E-state index contributed by atoms with van der Waals surface area (Å²) in [6.45, 7) is 0. The van der Waals surface area contributed by atoms with Crippen molar-refractivity contribution in [3.8, 4) is 11.4 Å². The van der Waals surface area contributed by atoms with E-state index < -0.39 is 0 Å². The number of hydrogen-bond acceptors (Lipinski definition) is 8. The van der Waals surface area contributed by atoms with Crippen LogP contribution in [0.15, 0.2) is 65.6 Å². The Morgan fingerprint density at radius 2 is 1.88 bits per heavy atom. The van der Waals surface area contributed by atoms with Gasteiger partial charge in [-0.25, -0.2) is 0 Å². The number of thiophene rings is 2. The predicted molar refractivity (Wildman–Crippen MR) is 139 cm³/mol. The molecule has 0 aliphatic rings. The number of nitrogens with two attached hydrogens (primary N) is 1. The van der Waals surface area contributed by atoms with E-state index in [2.05, 4.69) is 9.97 Å². The van der Waals surface area contributed by atoms with Gasteiger partial charge in [0.15, 0.2) is 4.77 Å². The Hall–Kier alpha value is -3.86. The number of nitrogens with zero attached hydrogens (tertiary/aromatic N) is 2. The van der Waals surface area contributed by atoms with E-state index in [1.165, 1.54) is 33.3 Å². The minimum atomic E-state index is -0.270. The Morgan fingerprint density at radius 3 is 2.68 bits per heavy atom. The molecule has 166 valence electrons. The smallest absolute Gasteiger partial charge is 0.276 e. The zero-order chi connectivity index (χ0) is 23.6. The maximum absolute atomic E-state index is 13.5. The summed E-state index contributed by atoms with van der Waals surface area (Å²) < 4.78 is 2.95. The maximum atomic E-state index is 13.5. The van der Waals surface area contributed by atoms with Gasteiger partial charge in [-0.15, -0.1) is 22.7 Å². The van der Waals surface area contributed by atoms with Crippen molar-refractivity contribution >= 4 is 76.9 Å². The number of aromatic amines is 1. The fourth-order valence-electron chi connectivity index (χ4n) is 4.07. The molecule has 10 heteroatoms. The number of aromatic nitrogens is 3. The molecule has 6 rings (SSSR count). The average molecular weight is 503 g/mol. The van der Waals surface area contributed by atoms with Crippen LogP contribution >= 0.6 is 34.9 Å². The second-order valence-corrected chi connectivity index (χ2v) is 10.3. The van der Waals surface area contributed by atoms with Crippen molar-refractivity contribution in [2.75, 3.05) is 5.73 Å². The number of ketones is 1. The monoisotopic (exact) mass is 502 g/mol. The topological polar surface area (TPSA) is 114 Å². The highest BCUT2D eigenvalue weighted by molar-refractivity contribution is 7.71. The fourth-order valence-corrected chi connectivity index (χ4v) is 6.88. The first-order chi connectivity index (χ1) is 16.5. The lowest BCUT2D eigenvalue weighted by molar-refractivity contribution is 0.104. The summed E-state index contributed by atoms with van der Waals surface area (Å²) in [4.78, 5) is 34.5. The molecule has 6 aromatic rings. The van der Waals surface area contributed by atoms with E-state index in [1.807, 2.05) is 30.3 Å². The number of phenols is 1. The molecule has 0 aliphatic carbocycles. The second kappa shape index (κ2) is 7.59. The van der Waals surface area contributed by atoms with E-state index in [-0.39, 0.29) is 21.9 Å². The highest BCUT2D eigenvalue weighted by Crippen LogP contribution is 2.44. The summed E-state index contributed by atoms with van der Waals surface area (Å²) in [7, 11) is 0. The molecule has 4 aromatic heterocycles. The van der Waals surface area contributed by atoms with Crippen molar-refractivity contribution in [2.45, 2.75) is 0 Å². The second-order valence-electron chi connectivity index (χ2n) is 7.58. The van der Waals surface area contributed by atoms with Gasteiger partial charge in [-0.2, -0.15) is 0 Å². The van der Waals surface area contributed by atoms with Crippen LogP contribution in [0.3, 0.4) is 0 Å². The predicted octanol–water partition coefficient (Wildman–Crippen LogP) is 5.39. The van der Waals surface area contributed by atoms with Gasteiger partial charge in [0, 0.05) is 17.1 Å². The van der Waals surface area contributed by atoms with Crippen molar-refractivity contribution in [1.82, 2.24) is 14.5 Å². The van der Waals surface area contributed by atoms with Crippen LogP contribution in [0, 0.1) is 4.77 Å². The van der Waals surface area contributed by atoms with Crippen LogP contribution in [0.1, 0.15) is 15.2 Å². The molecule has 4 N–H and O–H groups in total. The molecular formula is C24H14N4O3S3. The molecule has 0 saturated heterocycles. The fraction of sp³-hybridized carbons (Fsp3) is 0. The van der Waals surface area contributed by atoms with Gasteiger partial charge < -0.3 is 15.8 Å². The number of carbonyl (C=O) groups is 1. The molecule has 0 unspecified atom stereocenters. The first-order valence-corrected chi connectivity index (χ1v) is 12.2. The van der Waals surface area contributed by atoms with Crippen molar-refractivity contribution < 1.29 is 9.90 Å². The largest absolute Gasteiger partial charge is 0.506 e. The van der Waals surface area contributed by atoms with E-state index >= 15 is 0 Å². The molecular weight excluding hydrogens is 488 g/mol. The van der Waals surface area contributed by atoms with E-state index in [0.29, 0.717) is 48.3 Å². The van der Waals surface area contributed by atoms with Gasteiger partial charge in [0.1, 0.15) is 20.8 Å². The van der Waals surface area contributed by atoms with Gasteiger partial charge in [-0.05, 0) is 42.5 Å². The van der Waals surface area contributed by atoms with Crippen LogP contribution in [0.5, 0.6) is 5.75 Å². The van der Waals surface area contributed by atoms with Crippen molar-refractivity contribution in [3.05, 3.63) is 86.4 Å². The Kier molecular flexibility index (Phi) is 4.63. The van der Waals surface area contributed by atoms with Gasteiger partial charge in [0.25, 0.3) is 5.56 Å². The number of fused-ring (bicyclic) bond motifs is 4. The van der Waals surface area contributed by atoms with Crippen LogP contribution < -0.4 is 11.3 Å². The standard InChI is InChI=1S/C24H14N4O3S3/c25-16-15-18-21(22(31)28(24(32)27-18)11-5-2-1-3-6-11)34-23(15)33-20(16)19(30)13-8-9-14(29)17-12(13)7-4-10-26-17/h1-10,29H,25H2,(H,27,32). The Labute approximate surface area is 204 Å². The SMILES string of the molecule is Nc1c(C(=O)c2ccc(O)c3ncccc23)sc2sc3c(=O)n(-c4ccccc4)c(=S)[nH]c3c12. The quantitative estimate of drug-likeness (QED) is 0.221. The number of H-pyrrole nitrogens is 1. The molecule has 0 radical (unpaired) electrons. The van der Waals surface area contributed by atoms with Crippen LogP contribution in [0.4, 0.5) is 5.69 Å². The van der Waals surface area contributed by atoms with E-state index in [0.717, 1.165) is 4.01 Å². The lowest BCUT2D eigenvalue weighted by Crippen LogP contribution is -2.19.